The van der Waals surface area contributed by atoms with E-state index in [1.54, 1.807) is 0 Å². The van der Waals surface area contributed by atoms with Crippen molar-refractivity contribution in [1.82, 2.24) is 0 Å². The molecule has 3 N–H and O–H groups in total. The Morgan fingerprint density at radius 3 is 2.18 bits per heavy atom. The second kappa shape index (κ2) is 5.56. The second-order valence-corrected chi connectivity index (χ2v) is 3.75. The van der Waals surface area contributed by atoms with Gasteiger partial charge in [0.25, 0.3) is 0 Å². The van der Waals surface area contributed by atoms with Crippen molar-refractivity contribution in [2.45, 2.75) is 39.7 Å². The summed E-state index contributed by atoms with van der Waals surface area (Å²) >= 11 is 0. The fraction of sp³-hybridized carbons (Fsp3) is 1.00. The van der Waals surface area contributed by atoms with E-state index in [0.717, 1.165) is 12.8 Å². The first-order valence-electron chi connectivity index (χ1n) is 4.46. The molecule has 0 heterocycles. The third kappa shape index (κ3) is 5.22. The Bertz CT molecular complexity index is 93.6. The van der Waals surface area contributed by atoms with E-state index in [-0.39, 0.29) is 6.10 Å². The first-order chi connectivity index (χ1) is 5.07. The number of nitrogens with two attached hydrogens (primary N) is 1. The minimum Gasteiger partial charge on any atom is -0.393 e. The van der Waals surface area contributed by atoms with Crippen LogP contribution in [0.3, 0.4) is 0 Å². The molecule has 2 heteroatoms. The van der Waals surface area contributed by atoms with Gasteiger partial charge in [-0.2, -0.15) is 0 Å². The van der Waals surface area contributed by atoms with E-state index >= 15 is 0 Å². The number of hydrogen-bond donors (Lipinski definition) is 2. The summed E-state index contributed by atoms with van der Waals surface area (Å²) in [6, 6.07) is 0. The van der Waals surface area contributed by atoms with Crippen molar-refractivity contribution in [3.05, 3.63) is 0 Å². The minimum absolute atomic E-state index is 0.168. The van der Waals surface area contributed by atoms with Gasteiger partial charge >= 0.3 is 0 Å². The van der Waals surface area contributed by atoms with Crippen LogP contribution < -0.4 is 5.73 Å². The quantitative estimate of drug-likeness (QED) is 0.636. The summed E-state index contributed by atoms with van der Waals surface area (Å²) in [6.45, 7) is 6.98. The Labute approximate surface area is 69.8 Å². The van der Waals surface area contributed by atoms with Crippen molar-refractivity contribution >= 4 is 0 Å². The van der Waals surface area contributed by atoms with Crippen LogP contribution in [0.2, 0.25) is 0 Å². The van der Waals surface area contributed by atoms with Crippen LogP contribution in [0, 0.1) is 11.8 Å². The molecule has 2 atom stereocenters. The molecule has 0 saturated heterocycles. The van der Waals surface area contributed by atoms with Crippen LogP contribution in [0.5, 0.6) is 0 Å². The average Bonchev–Trinajstić information content (AvgIpc) is 1.86. The molecule has 0 saturated carbocycles. The first kappa shape index (κ1) is 10.9. The highest BCUT2D eigenvalue weighted by atomic mass is 16.3. The van der Waals surface area contributed by atoms with Gasteiger partial charge in [0, 0.05) is 0 Å². The molecular weight excluding hydrogens is 138 g/mol. The molecule has 0 spiro atoms. The molecule has 0 aliphatic rings. The summed E-state index contributed by atoms with van der Waals surface area (Å²) in [5.74, 6) is 0.924. The summed E-state index contributed by atoms with van der Waals surface area (Å²) in [7, 11) is 0. The average molecular weight is 159 g/mol. The van der Waals surface area contributed by atoms with Crippen LogP contribution in [0.4, 0.5) is 0 Å². The molecule has 0 aliphatic heterocycles. The van der Waals surface area contributed by atoms with Crippen LogP contribution in [-0.2, 0) is 0 Å². The van der Waals surface area contributed by atoms with Crippen molar-refractivity contribution in [2.24, 2.45) is 17.6 Å². The zero-order valence-corrected chi connectivity index (χ0v) is 7.88. The molecule has 68 valence electrons. The Hall–Kier alpha value is -0.0800. The van der Waals surface area contributed by atoms with E-state index in [2.05, 4.69) is 20.8 Å². The molecule has 2 nitrogen and oxygen atoms in total. The monoisotopic (exact) mass is 159 g/mol. The van der Waals surface area contributed by atoms with Gasteiger partial charge in [0.1, 0.15) is 0 Å². The summed E-state index contributed by atoms with van der Waals surface area (Å²) in [5, 5.41) is 9.56. The maximum atomic E-state index is 9.56. The number of rotatable bonds is 5. The second-order valence-electron chi connectivity index (χ2n) is 3.75. The van der Waals surface area contributed by atoms with Crippen LogP contribution in [0.15, 0.2) is 0 Å². The lowest BCUT2D eigenvalue weighted by atomic mass is 9.94. The zero-order chi connectivity index (χ0) is 8.85. The lowest BCUT2D eigenvalue weighted by Crippen LogP contribution is -2.22. The van der Waals surface area contributed by atoms with E-state index in [9.17, 15) is 5.11 Å². The van der Waals surface area contributed by atoms with Gasteiger partial charge in [0.05, 0.1) is 6.10 Å². The van der Waals surface area contributed by atoms with E-state index in [1.165, 1.54) is 0 Å². The van der Waals surface area contributed by atoms with E-state index in [1.807, 2.05) is 0 Å². The van der Waals surface area contributed by atoms with E-state index < -0.39 is 0 Å². The summed E-state index contributed by atoms with van der Waals surface area (Å²) in [4.78, 5) is 0. The molecule has 0 aliphatic carbocycles. The largest absolute Gasteiger partial charge is 0.393 e. The fourth-order valence-corrected chi connectivity index (χ4v) is 1.17. The highest BCUT2D eigenvalue weighted by molar-refractivity contribution is 4.66. The SMILES string of the molecule is CC(C)C[C@H](O)C(C)CCN. The first-order valence-corrected chi connectivity index (χ1v) is 4.46. The predicted molar refractivity (Wildman–Crippen MR) is 48.3 cm³/mol. The van der Waals surface area contributed by atoms with Gasteiger partial charge in [0.15, 0.2) is 0 Å². The number of aliphatic hydroxyl groups excluding tert-OH is 1. The highest BCUT2D eigenvalue weighted by Gasteiger charge is 2.14. The topological polar surface area (TPSA) is 46.2 Å². The molecule has 0 bridgehead atoms. The van der Waals surface area contributed by atoms with Crippen LogP contribution in [-0.4, -0.2) is 17.8 Å². The van der Waals surface area contributed by atoms with Crippen LogP contribution >= 0.6 is 0 Å². The third-order valence-corrected chi connectivity index (χ3v) is 1.99. The normalized spacial score (nSPS) is 16.9. The van der Waals surface area contributed by atoms with Crippen molar-refractivity contribution in [3.63, 3.8) is 0 Å². The van der Waals surface area contributed by atoms with Gasteiger partial charge in [-0.25, -0.2) is 0 Å². The zero-order valence-electron chi connectivity index (χ0n) is 7.88. The van der Waals surface area contributed by atoms with Gasteiger partial charge in [0.2, 0.25) is 0 Å². The Morgan fingerprint density at radius 1 is 1.27 bits per heavy atom. The molecule has 0 aromatic carbocycles. The molecule has 0 aromatic rings. The summed E-state index contributed by atoms with van der Waals surface area (Å²) < 4.78 is 0. The standard InChI is InChI=1S/C9H21NO/c1-7(2)6-9(11)8(3)4-5-10/h7-9,11H,4-6,10H2,1-3H3/t8?,9-/m0/s1. The molecular formula is C9H21NO. The van der Waals surface area contributed by atoms with Crippen LogP contribution in [0.25, 0.3) is 0 Å². The van der Waals surface area contributed by atoms with E-state index in [0.29, 0.717) is 18.4 Å². The minimum atomic E-state index is -0.168. The predicted octanol–water partition coefficient (Wildman–Crippen LogP) is 1.38. The molecule has 11 heavy (non-hydrogen) atoms. The lowest BCUT2D eigenvalue weighted by molar-refractivity contribution is 0.0915. The number of aliphatic hydroxyl groups is 1. The highest BCUT2D eigenvalue weighted by Crippen LogP contribution is 2.14. The smallest absolute Gasteiger partial charge is 0.0568 e. The fourth-order valence-electron chi connectivity index (χ4n) is 1.17. The lowest BCUT2D eigenvalue weighted by Gasteiger charge is -2.19. The third-order valence-electron chi connectivity index (χ3n) is 1.99. The number of hydrogen-bond acceptors (Lipinski definition) is 2. The van der Waals surface area contributed by atoms with Crippen molar-refractivity contribution in [1.29, 1.82) is 0 Å². The van der Waals surface area contributed by atoms with Gasteiger partial charge in [-0.1, -0.05) is 20.8 Å². The van der Waals surface area contributed by atoms with Crippen molar-refractivity contribution in [3.8, 4) is 0 Å². The molecule has 0 aromatic heterocycles. The van der Waals surface area contributed by atoms with E-state index in [4.69, 9.17) is 5.73 Å². The Kier molecular flexibility index (Phi) is 5.51. The Balaban J connectivity index is 3.54. The van der Waals surface area contributed by atoms with Crippen molar-refractivity contribution < 1.29 is 5.11 Å². The van der Waals surface area contributed by atoms with Crippen molar-refractivity contribution in [2.75, 3.05) is 6.54 Å². The van der Waals surface area contributed by atoms with Gasteiger partial charge in [-0.05, 0) is 31.2 Å². The molecule has 0 amide bonds. The maximum absolute atomic E-state index is 9.56. The maximum Gasteiger partial charge on any atom is 0.0568 e. The molecule has 0 fully saturated rings. The van der Waals surface area contributed by atoms with Gasteiger partial charge in [-0.15, -0.1) is 0 Å². The molecule has 1 unspecified atom stereocenters. The summed E-state index contributed by atoms with van der Waals surface area (Å²) in [6.07, 6.45) is 1.65. The van der Waals surface area contributed by atoms with Gasteiger partial charge in [-0.3, -0.25) is 0 Å². The molecule has 0 rings (SSSR count). The Morgan fingerprint density at radius 2 is 1.82 bits per heavy atom. The molecule has 0 radical (unpaired) electrons. The van der Waals surface area contributed by atoms with Crippen LogP contribution in [0.1, 0.15) is 33.6 Å². The summed E-state index contributed by atoms with van der Waals surface area (Å²) in [5.41, 5.74) is 5.39. The van der Waals surface area contributed by atoms with Gasteiger partial charge < -0.3 is 10.8 Å².